The molecule has 8 heteroatoms. The van der Waals surface area contributed by atoms with Crippen LogP contribution in [0, 0.1) is 0 Å². The Kier molecular flexibility index (Phi) is 4.54. The van der Waals surface area contributed by atoms with Crippen molar-refractivity contribution in [1.29, 1.82) is 0 Å². The molecule has 6 nitrogen and oxygen atoms in total. The fraction of sp³-hybridized carbons (Fsp3) is 0.333. The fourth-order valence-corrected chi connectivity index (χ4v) is 4.40. The molecule has 134 valence electrons. The third-order valence-corrected chi connectivity index (χ3v) is 6.15. The Labute approximate surface area is 160 Å². The van der Waals surface area contributed by atoms with Crippen LogP contribution in [0.3, 0.4) is 0 Å². The van der Waals surface area contributed by atoms with Crippen molar-refractivity contribution >= 4 is 51.7 Å². The quantitative estimate of drug-likeness (QED) is 0.584. The summed E-state index contributed by atoms with van der Waals surface area (Å²) >= 11 is 6.42. The number of carbonyl (C=O) groups is 1. The van der Waals surface area contributed by atoms with Crippen LogP contribution in [0.5, 0.6) is 0 Å². The first-order valence-corrected chi connectivity index (χ1v) is 9.76. The summed E-state index contributed by atoms with van der Waals surface area (Å²) in [5.41, 5.74) is 0.889. The number of aromatic nitrogens is 2. The van der Waals surface area contributed by atoms with Gasteiger partial charge >= 0.3 is 0 Å². The van der Waals surface area contributed by atoms with Crippen LogP contribution in [0.1, 0.15) is 24.8 Å². The molecule has 0 aromatic carbocycles. The molecule has 26 heavy (non-hydrogen) atoms. The zero-order valence-electron chi connectivity index (χ0n) is 14.3. The van der Waals surface area contributed by atoms with E-state index in [-0.39, 0.29) is 11.5 Å². The number of hydrogen-bond donors (Lipinski definition) is 0. The molecule has 0 spiro atoms. The molecule has 2 aromatic rings. The van der Waals surface area contributed by atoms with Gasteiger partial charge in [-0.3, -0.25) is 18.9 Å². The lowest BCUT2D eigenvalue weighted by molar-refractivity contribution is -0.121. The molecule has 4 rings (SSSR count). The van der Waals surface area contributed by atoms with E-state index in [4.69, 9.17) is 17.2 Å². The molecular weight excluding hydrogens is 368 g/mol. The number of nitrogens with zero attached hydrogens (tertiary/aromatic N) is 4. The van der Waals surface area contributed by atoms with Gasteiger partial charge in [0.15, 0.2) is 0 Å². The fourth-order valence-electron chi connectivity index (χ4n) is 3.24. The third kappa shape index (κ3) is 2.93. The highest BCUT2D eigenvalue weighted by molar-refractivity contribution is 8.26. The molecule has 0 aliphatic carbocycles. The number of amides is 1. The molecule has 4 heterocycles. The molecule has 0 bridgehead atoms. The minimum absolute atomic E-state index is 0.169. The lowest BCUT2D eigenvalue weighted by atomic mass is 10.1. The zero-order chi connectivity index (χ0) is 18.3. The maximum absolute atomic E-state index is 13.1. The first kappa shape index (κ1) is 17.2. The molecule has 0 atom stereocenters. The van der Waals surface area contributed by atoms with Crippen molar-refractivity contribution in [2.75, 3.05) is 25.0 Å². The summed E-state index contributed by atoms with van der Waals surface area (Å²) in [6.45, 7) is 1.73. The van der Waals surface area contributed by atoms with Crippen LogP contribution >= 0.6 is 24.0 Å². The summed E-state index contributed by atoms with van der Waals surface area (Å²) in [5.74, 6) is 0.476. The largest absolute Gasteiger partial charge is 0.356 e. The summed E-state index contributed by atoms with van der Waals surface area (Å²) in [5, 5.41) is 0. The highest BCUT2D eigenvalue weighted by atomic mass is 32.2. The number of likely N-dealkylation sites (N-methyl/N-ethyl adjacent to an activating group) is 1. The van der Waals surface area contributed by atoms with Crippen LogP contribution < -0.4 is 10.5 Å². The van der Waals surface area contributed by atoms with Gasteiger partial charge in [0.05, 0.1) is 10.5 Å². The first-order valence-electron chi connectivity index (χ1n) is 8.54. The van der Waals surface area contributed by atoms with Crippen molar-refractivity contribution in [1.82, 2.24) is 14.3 Å². The first-order chi connectivity index (χ1) is 12.6. The van der Waals surface area contributed by atoms with Gasteiger partial charge in [-0.2, -0.15) is 0 Å². The Morgan fingerprint density at radius 1 is 1.19 bits per heavy atom. The van der Waals surface area contributed by atoms with Crippen LogP contribution in [0.15, 0.2) is 34.1 Å². The minimum Gasteiger partial charge on any atom is -0.356 e. The molecular formula is C18H18N4O2S2. The Morgan fingerprint density at radius 2 is 1.96 bits per heavy atom. The van der Waals surface area contributed by atoms with Crippen LogP contribution in [0.25, 0.3) is 11.7 Å². The number of fused-ring (bicyclic) bond motifs is 1. The predicted molar refractivity (Wildman–Crippen MR) is 108 cm³/mol. The van der Waals surface area contributed by atoms with Crippen LogP contribution in [-0.4, -0.2) is 44.6 Å². The molecule has 2 aliphatic heterocycles. The van der Waals surface area contributed by atoms with E-state index >= 15 is 0 Å². The van der Waals surface area contributed by atoms with E-state index in [1.54, 1.807) is 25.4 Å². The molecule has 0 saturated carbocycles. The topological polar surface area (TPSA) is 57.9 Å². The molecule has 0 unspecified atom stereocenters. The lowest BCUT2D eigenvalue weighted by Crippen LogP contribution is -2.33. The van der Waals surface area contributed by atoms with E-state index in [2.05, 4.69) is 4.90 Å². The monoisotopic (exact) mass is 386 g/mol. The minimum atomic E-state index is -0.179. The van der Waals surface area contributed by atoms with Gasteiger partial charge in [-0.1, -0.05) is 30.0 Å². The molecule has 1 amide bonds. The molecule has 2 aliphatic rings. The highest BCUT2D eigenvalue weighted by Crippen LogP contribution is 2.32. The van der Waals surface area contributed by atoms with Crippen molar-refractivity contribution in [3.63, 3.8) is 0 Å². The number of thiocarbonyl (C=S) groups is 1. The lowest BCUT2D eigenvalue weighted by Gasteiger charge is -2.29. The highest BCUT2D eigenvalue weighted by Gasteiger charge is 2.30. The van der Waals surface area contributed by atoms with Crippen molar-refractivity contribution in [2.45, 2.75) is 19.3 Å². The Bertz CT molecular complexity index is 992. The predicted octanol–water partition coefficient (Wildman–Crippen LogP) is 2.52. The third-order valence-electron chi connectivity index (χ3n) is 4.67. The Hall–Kier alpha value is -2.19. The summed E-state index contributed by atoms with van der Waals surface area (Å²) in [7, 11) is 1.65. The molecule has 0 N–H and O–H groups in total. The average molecular weight is 387 g/mol. The molecule has 2 fully saturated rings. The summed E-state index contributed by atoms with van der Waals surface area (Å²) in [4.78, 5) is 34.3. The zero-order valence-corrected chi connectivity index (χ0v) is 16.0. The van der Waals surface area contributed by atoms with Gasteiger partial charge in [-0.05, 0) is 37.5 Å². The molecule has 2 saturated heterocycles. The summed E-state index contributed by atoms with van der Waals surface area (Å²) in [6.07, 6.45) is 6.69. The van der Waals surface area contributed by atoms with E-state index in [1.165, 1.54) is 27.5 Å². The number of anilines is 1. The van der Waals surface area contributed by atoms with E-state index in [9.17, 15) is 9.59 Å². The standard InChI is InChI=1S/C18H18N4O2S2/c1-20-17(24)13(26-18(20)25)11-12-15(21-8-4-2-5-9-21)19-14-7-3-6-10-22(14)16(12)23/h3,6-7,10-11H,2,4-5,8-9H2,1H3/b13-11-. The Morgan fingerprint density at radius 3 is 2.65 bits per heavy atom. The van der Waals surface area contributed by atoms with Gasteiger partial charge < -0.3 is 4.90 Å². The molecule has 2 aromatic heterocycles. The number of hydrogen-bond acceptors (Lipinski definition) is 6. The number of thioether (sulfide) groups is 1. The van der Waals surface area contributed by atoms with Crippen LogP contribution in [0.2, 0.25) is 0 Å². The van der Waals surface area contributed by atoms with Crippen LogP contribution in [0.4, 0.5) is 5.82 Å². The maximum Gasteiger partial charge on any atom is 0.267 e. The van der Waals surface area contributed by atoms with Gasteiger partial charge in [0, 0.05) is 26.3 Å². The average Bonchev–Trinajstić information content (AvgIpc) is 2.91. The van der Waals surface area contributed by atoms with Crippen molar-refractivity contribution in [2.24, 2.45) is 0 Å². The van der Waals surface area contributed by atoms with Gasteiger partial charge in [-0.15, -0.1) is 0 Å². The van der Waals surface area contributed by atoms with Crippen LogP contribution in [-0.2, 0) is 4.79 Å². The molecule has 0 radical (unpaired) electrons. The van der Waals surface area contributed by atoms with E-state index < -0.39 is 0 Å². The van der Waals surface area contributed by atoms with Gasteiger partial charge in [-0.25, -0.2) is 4.98 Å². The second-order valence-corrected chi connectivity index (χ2v) is 8.05. The number of carbonyl (C=O) groups excluding carboxylic acids is 1. The second kappa shape index (κ2) is 6.85. The Balaban J connectivity index is 1.91. The van der Waals surface area contributed by atoms with E-state index in [0.717, 1.165) is 25.9 Å². The summed E-state index contributed by atoms with van der Waals surface area (Å²) in [6, 6.07) is 5.49. The van der Waals surface area contributed by atoms with Gasteiger partial charge in [0.2, 0.25) is 0 Å². The van der Waals surface area contributed by atoms with E-state index in [0.29, 0.717) is 26.3 Å². The smallest absolute Gasteiger partial charge is 0.267 e. The second-order valence-electron chi connectivity index (χ2n) is 6.37. The number of rotatable bonds is 2. The van der Waals surface area contributed by atoms with Crippen molar-refractivity contribution in [3.05, 3.63) is 45.2 Å². The number of piperidine rings is 1. The van der Waals surface area contributed by atoms with Gasteiger partial charge in [0.25, 0.3) is 11.5 Å². The van der Waals surface area contributed by atoms with E-state index in [1.807, 2.05) is 12.1 Å². The van der Waals surface area contributed by atoms with Crippen molar-refractivity contribution in [3.8, 4) is 0 Å². The summed E-state index contributed by atoms with van der Waals surface area (Å²) < 4.78 is 2.01. The van der Waals surface area contributed by atoms with Gasteiger partial charge in [0.1, 0.15) is 15.8 Å². The normalized spacial score (nSPS) is 19.8. The van der Waals surface area contributed by atoms with Crippen molar-refractivity contribution < 1.29 is 4.79 Å². The number of pyridine rings is 1. The maximum atomic E-state index is 13.1. The SMILES string of the molecule is CN1C(=O)/C(=C/c2c(N3CCCCC3)nc3ccccn3c2=O)SC1=S.